The van der Waals surface area contributed by atoms with Crippen LogP contribution in [0.3, 0.4) is 0 Å². The van der Waals surface area contributed by atoms with Crippen molar-refractivity contribution >= 4 is 28.7 Å². The molecule has 0 saturated carbocycles. The summed E-state index contributed by atoms with van der Waals surface area (Å²) < 4.78 is 40.5. The molecule has 9 rings (SSSR count). The highest BCUT2D eigenvalue weighted by Crippen LogP contribution is 2.42. The summed E-state index contributed by atoms with van der Waals surface area (Å²) in [7, 11) is 0. The second-order valence-electron chi connectivity index (χ2n) is 14.5. The van der Waals surface area contributed by atoms with Gasteiger partial charge in [0, 0.05) is 55.7 Å². The van der Waals surface area contributed by atoms with Gasteiger partial charge in [0.05, 0.1) is 41.2 Å². The van der Waals surface area contributed by atoms with E-state index < -0.39 is 11.7 Å². The Morgan fingerprint density at radius 3 is 2.39 bits per heavy atom. The fourth-order valence-corrected chi connectivity index (χ4v) is 7.93. The van der Waals surface area contributed by atoms with Crippen molar-refractivity contribution < 1.29 is 38.0 Å². The summed E-state index contributed by atoms with van der Waals surface area (Å²) in [5, 5.41) is 10.1. The zero-order valence-corrected chi connectivity index (χ0v) is 31.4. The van der Waals surface area contributed by atoms with E-state index in [2.05, 4.69) is 24.0 Å². The molecule has 3 aliphatic rings. The highest BCUT2D eigenvalue weighted by molar-refractivity contribution is 6.16. The van der Waals surface area contributed by atoms with Crippen LogP contribution >= 0.6 is 0 Å². The molecule has 290 valence electrons. The van der Waals surface area contributed by atoms with Crippen molar-refractivity contribution in [1.29, 1.82) is 0 Å². The van der Waals surface area contributed by atoms with E-state index in [0.717, 1.165) is 25.1 Å². The maximum atomic E-state index is 15.8. The number of carbonyl (C=O) groups is 2. The zero-order valence-electron chi connectivity index (χ0n) is 31.4. The number of halogens is 1. The van der Waals surface area contributed by atoms with Gasteiger partial charge in [-0.2, -0.15) is 0 Å². The molecule has 4 aromatic carbocycles. The molecule has 2 aromatic heterocycles. The van der Waals surface area contributed by atoms with Crippen molar-refractivity contribution in [2.75, 3.05) is 51.1 Å². The molecular formula is C45H41FN4O7. The molecule has 1 N–H and O–H groups in total. The Balaban J connectivity index is 1.10. The van der Waals surface area contributed by atoms with Crippen molar-refractivity contribution in [1.82, 2.24) is 14.2 Å². The summed E-state index contributed by atoms with van der Waals surface area (Å²) in [4.78, 5) is 35.2. The van der Waals surface area contributed by atoms with E-state index in [1.165, 1.54) is 34.7 Å². The molecule has 0 bridgehead atoms. The molecule has 0 unspecified atom stereocenters. The molecule has 12 heteroatoms. The Hall–Kier alpha value is -6.37. The second-order valence-corrected chi connectivity index (χ2v) is 14.5. The number of phenols is 1. The maximum absolute atomic E-state index is 15.8. The number of nitrogens with zero attached hydrogens (tertiary/aromatic N) is 4. The Morgan fingerprint density at radius 2 is 1.60 bits per heavy atom. The number of anilines is 2. The summed E-state index contributed by atoms with van der Waals surface area (Å²) in [6.07, 6.45) is 2.57. The first kappa shape index (κ1) is 36.3. The van der Waals surface area contributed by atoms with Crippen LogP contribution < -0.4 is 19.1 Å². The van der Waals surface area contributed by atoms with Gasteiger partial charge in [-0.1, -0.05) is 30.3 Å². The minimum atomic E-state index is -0.619. The lowest BCUT2D eigenvalue weighted by molar-refractivity contribution is 0.0320. The minimum absolute atomic E-state index is 0.0180. The van der Waals surface area contributed by atoms with Crippen LogP contribution in [0.2, 0.25) is 0 Å². The third-order valence-corrected chi connectivity index (χ3v) is 10.9. The quantitative estimate of drug-likeness (QED) is 0.162. The van der Waals surface area contributed by atoms with E-state index in [4.69, 9.17) is 18.9 Å². The van der Waals surface area contributed by atoms with Crippen molar-refractivity contribution in [3.05, 3.63) is 137 Å². The van der Waals surface area contributed by atoms with Gasteiger partial charge in [-0.25, -0.2) is 4.39 Å². The molecule has 1 atom stereocenters. The monoisotopic (exact) mass is 768 g/mol. The number of hydrogen-bond donors (Lipinski definition) is 1. The third-order valence-electron chi connectivity index (χ3n) is 10.9. The highest BCUT2D eigenvalue weighted by atomic mass is 19.1. The number of pyridine rings is 1. The van der Waals surface area contributed by atoms with Crippen LogP contribution in [0.1, 0.15) is 38.8 Å². The lowest BCUT2D eigenvalue weighted by Gasteiger charge is -2.35. The van der Waals surface area contributed by atoms with Gasteiger partial charge in [0.25, 0.3) is 11.8 Å². The Kier molecular flexibility index (Phi) is 9.73. The summed E-state index contributed by atoms with van der Waals surface area (Å²) in [5.41, 5.74) is 5.44. The van der Waals surface area contributed by atoms with Crippen molar-refractivity contribution in [2.24, 2.45) is 0 Å². The zero-order chi connectivity index (χ0) is 39.0. The molecule has 3 aliphatic heterocycles. The van der Waals surface area contributed by atoms with Crippen LogP contribution in [-0.4, -0.2) is 83.4 Å². The average molecular weight is 769 g/mol. The van der Waals surface area contributed by atoms with E-state index in [1.807, 2.05) is 45.8 Å². The lowest BCUT2D eigenvalue weighted by Crippen LogP contribution is -2.42. The Morgan fingerprint density at radius 1 is 0.860 bits per heavy atom. The maximum Gasteiger partial charge on any atom is 0.265 e. The second kappa shape index (κ2) is 15.3. The Labute approximate surface area is 329 Å². The van der Waals surface area contributed by atoms with Gasteiger partial charge >= 0.3 is 0 Å². The van der Waals surface area contributed by atoms with Crippen molar-refractivity contribution in [2.45, 2.75) is 25.9 Å². The predicted molar refractivity (Wildman–Crippen MR) is 212 cm³/mol. The number of benzene rings is 4. The fourth-order valence-electron chi connectivity index (χ4n) is 7.93. The van der Waals surface area contributed by atoms with Gasteiger partial charge in [0.2, 0.25) is 6.79 Å². The standard InChI is InChI=1S/C45H41FN4O7/c1-29-22-30-6-2-3-7-31(30)27-49(29)44(52)36-26-43-42(56-28-57-43)25-35(36)40-24-37(39-8-4-5-15-48(39)40)45(53)50(32-9-12-34(51)13-10-32)33-11-14-41(38(46)23-33)55-21-18-47-16-19-54-20-17-47/h2-15,23-26,29,51H,16-22,27-28H2,1H3/t29-/m1/s1. The molecule has 0 spiro atoms. The van der Waals surface area contributed by atoms with Gasteiger partial charge < -0.3 is 33.4 Å². The number of fused-ring (bicyclic) bond motifs is 3. The fraction of sp³-hybridized carbons (Fsp3) is 0.244. The van der Waals surface area contributed by atoms with Crippen molar-refractivity contribution in [3.8, 4) is 34.3 Å². The first-order chi connectivity index (χ1) is 27.8. The normalized spacial score (nSPS) is 16.4. The lowest BCUT2D eigenvalue weighted by atomic mass is 9.93. The summed E-state index contributed by atoms with van der Waals surface area (Å²) in [5.74, 6) is -0.183. The molecular weight excluding hydrogens is 728 g/mol. The van der Waals surface area contributed by atoms with Gasteiger partial charge in [-0.3, -0.25) is 19.4 Å². The predicted octanol–water partition coefficient (Wildman–Crippen LogP) is 7.46. The smallest absolute Gasteiger partial charge is 0.265 e. The summed E-state index contributed by atoms with van der Waals surface area (Å²) >= 11 is 0. The number of carbonyl (C=O) groups excluding carboxylic acids is 2. The molecule has 6 aromatic rings. The summed E-state index contributed by atoms with van der Waals surface area (Å²) in [6.45, 7) is 6.37. The van der Waals surface area contributed by atoms with Crippen LogP contribution in [0.5, 0.6) is 23.0 Å². The van der Waals surface area contributed by atoms with Crippen LogP contribution in [0.15, 0.2) is 109 Å². The number of aromatic hydroxyl groups is 1. The largest absolute Gasteiger partial charge is 0.508 e. The molecule has 0 radical (unpaired) electrons. The number of rotatable bonds is 9. The molecule has 57 heavy (non-hydrogen) atoms. The SMILES string of the molecule is C[C@@H]1Cc2ccccc2CN1C(=O)c1cc2c(cc1-c1cc(C(=O)N(c3ccc(O)cc3)c3ccc(OCCN4CCOCC4)c(F)c3)c3ccccn13)OCO2. The molecule has 11 nitrogen and oxygen atoms in total. The van der Waals surface area contributed by atoms with E-state index in [0.29, 0.717) is 78.0 Å². The van der Waals surface area contributed by atoms with Gasteiger partial charge in [-0.15, -0.1) is 0 Å². The van der Waals surface area contributed by atoms with Crippen LogP contribution in [-0.2, 0) is 17.7 Å². The molecule has 1 saturated heterocycles. The number of hydrogen-bond acceptors (Lipinski definition) is 8. The third kappa shape index (κ3) is 7.02. The Bertz CT molecular complexity index is 2480. The molecule has 5 heterocycles. The van der Waals surface area contributed by atoms with Gasteiger partial charge in [0.15, 0.2) is 23.1 Å². The van der Waals surface area contributed by atoms with Crippen LogP contribution in [0.4, 0.5) is 15.8 Å². The van der Waals surface area contributed by atoms with E-state index >= 15 is 9.18 Å². The number of morpholine rings is 1. The van der Waals surface area contributed by atoms with Crippen molar-refractivity contribution in [3.63, 3.8) is 0 Å². The van der Waals surface area contributed by atoms with E-state index in [-0.39, 0.29) is 35.9 Å². The summed E-state index contributed by atoms with van der Waals surface area (Å²) in [6, 6.07) is 29.5. The number of ether oxygens (including phenoxy) is 4. The highest BCUT2D eigenvalue weighted by Gasteiger charge is 2.33. The van der Waals surface area contributed by atoms with E-state index in [9.17, 15) is 9.90 Å². The number of amides is 2. The molecule has 0 aliphatic carbocycles. The first-order valence-electron chi connectivity index (χ1n) is 19.1. The van der Waals surface area contributed by atoms with Gasteiger partial charge in [-0.05, 0) is 91.2 Å². The number of aromatic nitrogens is 1. The van der Waals surface area contributed by atoms with Gasteiger partial charge in [0.1, 0.15) is 12.4 Å². The van der Waals surface area contributed by atoms with Crippen LogP contribution in [0, 0.1) is 5.82 Å². The first-order valence-corrected chi connectivity index (χ1v) is 19.1. The average Bonchev–Trinajstić information content (AvgIpc) is 3.86. The minimum Gasteiger partial charge on any atom is -0.508 e. The van der Waals surface area contributed by atoms with Crippen LogP contribution in [0.25, 0.3) is 16.8 Å². The topological polar surface area (TPSA) is 105 Å². The molecule has 1 fully saturated rings. The molecule has 2 amide bonds. The number of phenolic OH excluding ortho intramolecular Hbond substituents is 1. The van der Waals surface area contributed by atoms with E-state index in [1.54, 1.807) is 36.4 Å².